The van der Waals surface area contributed by atoms with Crippen LogP contribution >= 0.6 is 0 Å². The lowest BCUT2D eigenvalue weighted by molar-refractivity contribution is -0.125. The van der Waals surface area contributed by atoms with E-state index in [4.69, 9.17) is 14.9 Å². The van der Waals surface area contributed by atoms with Gasteiger partial charge < -0.3 is 25.6 Å². The minimum absolute atomic E-state index is 0.0345. The van der Waals surface area contributed by atoms with E-state index in [2.05, 4.69) is 10.6 Å². The molecule has 4 N–H and O–H groups in total. The number of aliphatic hydroxyl groups excluding tert-OH is 2. The van der Waals surface area contributed by atoms with Crippen molar-refractivity contribution in [1.29, 1.82) is 0 Å². The molecule has 0 aromatic heterocycles. The Balaban J connectivity index is 4.40. The van der Waals surface area contributed by atoms with E-state index in [1.54, 1.807) is 0 Å². The van der Waals surface area contributed by atoms with Gasteiger partial charge in [0.1, 0.15) is 6.10 Å². The highest BCUT2D eigenvalue weighted by Crippen LogP contribution is 2.11. The fourth-order valence-electron chi connectivity index (χ4n) is 1.79. The van der Waals surface area contributed by atoms with Crippen molar-refractivity contribution in [2.75, 3.05) is 19.8 Å². The molecule has 0 fully saturated rings. The average Bonchev–Trinajstić information content (AvgIpc) is 2.39. The van der Waals surface area contributed by atoms with Gasteiger partial charge >= 0.3 is 6.09 Å². The number of hydrogen-bond donors (Lipinski definition) is 4. The molecule has 0 aromatic rings. The summed E-state index contributed by atoms with van der Waals surface area (Å²) in [7, 11) is 0. The second-order valence-corrected chi connectivity index (χ2v) is 5.76. The zero-order valence-corrected chi connectivity index (χ0v) is 13.3. The van der Waals surface area contributed by atoms with E-state index >= 15 is 0 Å². The van der Waals surface area contributed by atoms with Gasteiger partial charge in [-0.05, 0) is 26.2 Å². The van der Waals surface area contributed by atoms with Crippen LogP contribution in [0.4, 0.5) is 4.79 Å². The lowest BCUT2D eigenvalue weighted by atomic mass is 9.96. The maximum absolute atomic E-state index is 12.1. The summed E-state index contributed by atoms with van der Waals surface area (Å²) in [5.41, 5.74) is 0. The summed E-state index contributed by atoms with van der Waals surface area (Å²) < 4.78 is 4.78. The number of carbonyl (C=O) groups is 2. The molecule has 0 aliphatic rings. The van der Waals surface area contributed by atoms with E-state index in [0.717, 1.165) is 0 Å². The number of hydrogen-bond acceptors (Lipinski definition) is 5. The fourth-order valence-corrected chi connectivity index (χ4v) is 1.79. The highest BCUT2D eigenvalue weighted by molar-refractivity contribution is 5.79. The molecule has 7 heteroatoms. The van der Waals surface area contributed by atoms with Crippen molar-refractivity contribution < 1.29 is 24.5 Å². The topological polar surface area (TPSA) is 108 Å². The average molecular weight is 304 g/mol. The summed E-state index contributed by atoms with van der Waals surface area (Å²) in [6.45, 7) is 7.00. The van der Waals surface area contributed by atoms with Gasteiger partial charge in [0, 0.05) is 12.6 Å². The van der Waals surface area contributed by atoms with Crippen molar-refractivity contribution >= 4 is 12.0 Å². The first-order valence-corrected chi connectivity index (χ1v) is 7.26. The van der Waals surface area contributed by atoms with Crippen LogP contribution in [0, 0.1) is 11.8 Å². The van der Waals surface area contributed by atoms with Gasteiger partial charge in [0.2, 0.25) is 5.91 Å². The maximum Gasteiger partial charge on any atom is 0.407 e. The Morgan fingerprint density at radius 2 is 1.67 bits per heavy atom. The van der Waals surface area contributed by atoms with E-state index < -0.39 is 25.4 Å². The van der Waals surface area contributed by atoms with Crippen LogP contribution in [-0.2, 0) is 9.53 Å². The maximum atomic E-state index is 12.1. The SMILES string of the molecule is CC(C)CC(CNC(=O)OC(CO)CO)C(=O)NC(C)C. The molecule has 0 saturated heterocycles. The molecule has 0 bridgehead atoms. The largest absolute Gasteiger partial charge is 0.441 e. The molecular formula is C14H28N2O5. The van der Waals surface area contributed by atoms with Gasteiger partial charge in [0.15, 0.2) is 0 Å². The molecule has 7 nitrogen and oxygen atoms in total. The quantitative estimate of drug-likeness (QED) is 0.488. The van der Waals surface area contributed by atoms with E-state index in [-0.39, 0.29) is 24.4 Å². The van der Waals surface area contributed by atoms with Crippen molar-refractivity contribution in [2.45, 2.75) is 46.3 Å². The van der Waals surface area contributed by atoms with Crippen LogP contribution in [0.2, 0.25) is 0 Å². The van der Waals surface area contributed by atoms with E-state index in [0.29, 0.717) is 12.3 Å². The molecule has 0 spiro atoms. The number of alkyl carbamates (subject to hydrolysis) is 1. The molecule has 2 amide bonds. The molecule has 124 valence electrons. The van der Waals surface area contributed by atoms with Gasteiger partial charge in [-0.1, -0.05) is 13.8 Å². The van der Waals surface area contributed by atoms with E-state index in [1.165, 1.54) is 0 Å². The molecule has 0 heterocycles. The second kappa shape index (κ2) is 10.4. The van der Waals surface area contributed by atoms with Gasteiger partial charge in [0.25, 0.3) is 0 Å². The summed E-state index contributed by atoms with van der Waals surface area (Å²) in [6, 6.07) is 0.0345. The van der Waals surface area contributed by atoms with Crippen LogP contribution in [-0.4, -0.2) is 54.1 Å². The van der Waals surface area contributed by atoms with Crippen molar-refractivity contribution in [2.24, 2.45) is 11.8 Å². The highest BCUT2D eigenvalue weighted by atomic mass is 16.6. The van der Waals surface area contributed by atoms with Crippen molar-refractivity contribution in [3.63, 3.8) is 0 Å². The lowest BCUT2D eigenvalue weighted by Gasteiger charge is -2.21. The normalized spacial score (nSPS) is 12.6. The molecule has 0 aromatic carbocycles. The number of amides is 2. The monoisotopic (exact) mass is 304 g/mol. The third kappa shape index (κ3) is 9.25. The molecule has 0 aliphatic heterocycles. The standard InChI is InChI=1S/C14H28N2O5/c1-9(2)5-11(13(19)16-10(3)4)6-15-14(20)21-12(7-17)8-18/h9-12,17-18H,5-8H2,1-4H3,(H,15,20)(H,16,19). The third-order valence-corrected chi connectivity index (χ3v) is 2.73. The molecule has 1 atom stereocenters. The summed E-state index contributed by atoms with van der Waals surface area (Å²) in [5.74, 6) is -0.144. The Hall–Kier alpha value is -1.34. The van der Waals surface area contributed by atoms with Crippen LogP contribution in [0.15, 0.2) is 0 Å². The summed E-state index contributed by atoms with van der Waals surface area (Å²) >= 11 is 0. The summed E-state index contributed by atoms with van der Waals surface area (Å²) in [4.78, 5) is 23.6. The Bertz CT molecular complexity index is 316. The molecule has 0 radical (unpaired) electrons. The number of rotatable bonds is 9. The summed E-state index contributed by atoms with van der Waals surface area (Å²) in [5, 5.41) is 23.0. The Labute approximate surface area is 126 Å². The predicted molar refractivity (Wildman–Crippen MR) is 78.7 cm³/mol. The van der Waals surface area contributed by atoms with Gasteiger partial charge in [-0.3, -0.25) is 4.79 Å². The summed E-state index contributed by atoms with van der Waals surface area (Å²) in [6.07, 6.45) is -1.06. The van der Waals surface area contributed by atoms with Crippen molar-refractivity contribution in [3.05, 3.63) is 0 Å². The molecule has 0 aliphatic carbocycles. The molecule has 21 heavy (non-hydrogen) atoms. The number of nitrogens with one attached hydrogen (secondary N) is 2. The van der Waals surface area contributed by atoms with Crippen LogP contribution in [0.25, 0.3) is 0 Å². The number of ether oxygens (including phenoxy) is 1. The minimum atomic E-state index is -0.946. The van der Waals surface area contributed by atoms with Crippen LogP contribution in [0.1, 0.15) is 34.1 Å². The van der Waals surface area contributed by atoms with E-state index in [9.17, 15) is 9.59 Å². The number of aliphatic hydroxyl groups is 2. The van der Waals surface area contributed by atoms with Gasteiger partial charge in [-0.25, -0.2) is 4.79 Å². The predicted octanol–water partition coefficient (Wildman–Crippen LogP) is 0.253. The second-order valence-electron chi connectivity index (χ2n) is 5.76. The first kappa shape index (κ1) is 19.7. The van der Waals surface area contributed by atoms with Crippen molar-refractivity contribution in [1.82, 2.24) is 10.6 Å². The zero-order valence-electron chi connectivity index (χ0n) is 13.3. The molecule has 0 rings (SSSR count). The Morgan fingerprint density at radius 1 is 1.10 bits per heavy atom. The van der Waals surface area contributed by atoms with Gasteiger partial charge in [0.05, 0.1) is 19.1 Å². The van der Waals surface area contributed by atoms with Crippen LogP contribution in [0.3, 0.4) is 0 Å². The van der Waals surface area contributed by atoms with Crippen molar-refractivity contribution in [3.8, 4) is 0 Å². The Kier molecular flexibility index (Phi) is 9.73. The number of carbonyl (C=O) groups excluding carboxylic acids is 2. The van der Waals surface area contributed by atoms with Gasteiger partial charge in [-0.15, -0.1) is 0 Å². The fraction of sp³-hybridized carbons (Fsp3) is 0.857. The third-order valence-electron chi connectivity index (χ3n) is 2.73. The molecule has 1 unspecified atom stereocenters. The molecule has 0 saturated carbocycles. The lowest BCUT2D eigenvalue weighted by Crippen LogP contribution is -2.43. The van der Waals surface area contributed by atoms with E-state index in [1.807, 2.05) is 27.7 Å². The minimum Gasteiger partial charge on any atom is -0.441 e. The smallest absolute Gasteiger partial charge is 0.407 e. The van der Waals surface area contributed by atoms with Crippen LogP contribution < -0.4 is 10.6 Å². The first-order valence-electron chi connectivity index (χ1n) is 7.26. The Morgan fingerprint density at radius 3 is 2.10 bits per heavy atom. The van der Waals surface area contributed by atoms with Gasteiger partial charge in [-0.2, -0.15) is 0 Å². The molecular weight excluding hydrogens is 276 g/mol. The first-order chi connectivity index (χ1) is 9.79. The highest BCUT2D eigenvalue weighted by Gasteiger charge is 2.22. The zero-order chi connectivity index (χ0) is 16.4. The van der Waals surface area contributed by atoms with Crippen LogP contribution in [0.5, 0.6) is 0 Å².